The predicted octanol–water partition coefficient (Wildman–Crippen LogP) is 0.884. The molecule has 0 radical (unpaired) electrons. The van der Waals surface area contributed by atoms with E-state index in [1.165, 1.54) is 16.4 Å². The summed E-state index contributed by atoms with van der Waals surface area (Å²) in [4.78, 5) is 34.0. The average Bonchev–Trinajstić information content (AvgIpc) is 3.14. The summed E-state index contributed by atoms with van der Waals surface area (Å²) < 4.78 is 13.4. The molecule has 0 N–H and O–H groups in total. The van der Waals surface area contributed by atoms with E-state index < -0.39 is 17.3 Å². The van der Waals surface area contributed by atoms with Gasteiger partial charge in [0.1, 0.15) is 5.60 Å². The number of alkyl halides is 3. The number of rotatable bonds is 4. The molecule has 3 rings (SSSR count). The van der Waals surface area contributed by atoms with Crippen molar-refractivity contribution >= 4 is 41.3 Å². The van der Waals surface area contributed by atoms with Gasteiger partial charge in [-0.15, -0.1) is 0 Å². The summed E-state index contributed by atoms with van der Waals surface area (Å²) in [5.41, 5.74) is 0.114. The molecular formula is C26H38ClIN3O4-. The molecule has 0 aromatic carbocycles. The fourth-order valence-electron chi connectivity index (χ4n) is 4.08. The van der Waals surface area contributed by atoms with Gasteiger partial charge >= 0.3 is 199 Å². The van der Waals surface area contributed by atoms with Gasteiger partial charge in [0.15, 0.2) is 0 Å². The molecule has 7 nitrogen and oxygen atoms in total. The van der Waals surface area contributed by atoms with Crippen molar-refractivity contribution in [1.82, 2.24) is 9.88 Å². The maximum absolute atomic E-state index is 13.4. The Morgan fingerprint density at radius 2 is 1.86 bits per heavy atom. The molecule has 35 heavy (non-hydrogen) atoms. The summed E-state index contributed by atoms with van der Waals surface area (Å²) in [7, 11) is 0. The third-order valence-corrected chi connectivity index (χ3v) is 9.81. The van der Waals surface area contributed by atoms with Crippen LogP contribution in [-0.2, 0) is 9.47 Å². The number of likely N-dealkylation sites (tertiary alicyclic amines) is 1. The third-order valence-electron chi connectivity index (χ3n) is 5.79. The van der Waals surface area contributed by atoms with Gasteiger partial charge in [0.05, 0.1) is 0 Å². The number of anilines is 1. The number of carbonyl (C=O) groups is 2. The number of carbonyl (C=O) groups excluding carboxylic acids is 2. The molecule has 0 aliphatic carbocycles. The Hall–Kier alpha value is -1.55. The molecular weight excluding hydrogens is 581 g/mol. The van der Waals surface area contributed by atoms with E-state index in [1.807, 2.05) is 59.9 Å². The Kier molecular flexibility index (Phi) is 9.00. The number of pyridine rings is 1. The van der Waals surface area contributed by atoms with Gasteiger partial charge in [-0.25, -0.2) is 0 Å². The summed E-state index contributed by atoms with van der Waals surface area (Å²) in [5.74, 6) is 0.873. The van der Waals surface area contributed by atoms with E-state index in [9.17, 15) is 9.59 Å². The second kappa shape index (κ2) is 11.2. The molecule has 2 amide bonds. The van der Waals surface area contributed by atoms with Crippen LogP contribution in [0.3, 0.4) is 0 Å². The Balaban J connectivity index is 1.98. The number of halogens is 2. The maximum atomic E-state index is 13.4. The minimum absolute atomic E-state index is 0.214. The molecule has 0 spiro atoms. The van der Waals surface area contributed by atoms with Gasteiger partial charge in [0.2, 0.25) is 0 Å². The first-order chi connectivity index (χ1) is 16.3. The molecule has 0 bridgehead atoms. The van der Waals surface area contributed by atoms with E-state index in [1.54, 1.807) is 9.80 Å². The monoisotopic (exact) mass is 618 g/mol. The fourth-order valence-corrected chi connectivity index (χ4v) is 6.49. The number of hydrogen-bond acceptors (Lipinski definition) is 5. The van der Waals surface area contributed by atoms with E-state index >= 15 is 0 Å². The van der Waals surface area contributed by atoms with Crippen LogP contribution >= 0.6 is 11.6 Å². The Morgan fingerprint density at radius 1 is 1.20 bits per heavy atom. The van der Waals surface area contributed by atoms with Gasteiger partial charge in [0, 0.05) is 0 Å². The van der Waals surface area contributed by atoms with Crippen LogP contribution in [0.5, 0.6) is 0 Å². The van der Waals surface area contributed by atoms with Crippen molar-refractivity contribution in [2.45, 2.75) is 82.5 Å². The third kappa shape index (κ3) is 7.47. The second-order valence-corrected chi connectivity index (χ2v) is 14.8. The van der Waals surface area contributed by atoms with E-state index in [2.05, 4.69) is 6.92 Å². The minimum atomic E-state index is -0.665. The molecule has 2 aliphatic rings. The van der Waals surface area contributed by atoms with Crippen LogP contribution in [0.25, 0.3) is 11.6 Å². The molecule has 0 saturated carbocycles. The van der Waals surface area contributed by atoms with Crippen molar-refractivity contribution in [3.8, 4) is 0 Å². The molecule has 196 valence electrons. The topological polar surface area (TPSA) is 72.0 Å². The Labute approximate surface area is 224 Å². The van der Waals surface area contributed by atoms with Crippen molar-refractivity contribution in [2.75, 3.05) is 28.3 Å². The quantitative estimate of drug-likeness (QED) is 0.370. The van der Waals surface area contributed by atoms with Gasteiger partial charge < -0.3 is 0 Å². The summed E-state index contributed by atoms with van der Waals surface area (Å²) in [6.07, 6.45) is 4.83. The predicted molar refractivity (Wildman–Crippen MR) is 136 cm³/mol. The normalized spacial score (nSPS) is 22.2. The molecule has 2 saturated heterocycles. The van der Waals surface area contributed by atoms with E-state index in [-0.39, 0.29) is 33.3 Å². The Bertz CT molecular complexity index is 1060. The van der Waals surface area contributed by atoms with Crippen LogP contribution < -0.4 is 36.5 Å². The van der Waals surface area contributed by atoms with Gasteiger partial charge in [-0.05, 0) is 20.8 Å². The van der Waals surface area contributed by atoms with Gasteiger partial charge in [-0.3, -0.25) is 0 Å². The fraction of sp³-hybridized carbons (Fsp3) is 0.654. The van der Waals surface area contributed by atoms with Crippen molar-refractivity contribution < 1.29 is 40.3 Å². The van der Waals surface area contributed by atoms with Crippen molar-refractivity contribution in [1.29, 1.82) is 0 Å². The molecule has 2 fully saturated rings. The first kappa shape index (κ1) is 28.0. The summed E-state index contributed by atoms with van der Waals surface area (Å²) >= 11 is 6.33. The zero-order valence-electron chi connectivity index (χ0n) is 21.9. The first-order valence-corrected chi connectivity index (χ1v) is 15.4. The van der Waals surface area contributed by atoms with E-state index in [0.717, 1.165) is 10.4 Å². The molecule has 2 unspecified atom stereocenters. The molecule has 1 aromatic rings. The number of ether oxygens (including phenoxy) is 2. The van der Waals surface area contributed by atoms with E-state index in [0.29, 0.717) is 35.1 Å². The van der Waals surface area contributed by atoms with Crippen LogP contribution in [0.4, 0.5) is 15.4 Å². The van der Waals surface area contributed by atoms with Crippen LogP contribution in [-0.4, -0.2) is 66.6 Å². The standard InChI is InChI=1S/C26H38ClIN3O4/c1-17(21-9-12-28-21)20-15-29-22(14-18(20)8-11-27)31(24(33)35-26(5,6)7)19-10-13-30(16-19)23(32)34-25(2,3)4/h8,14-15,19,21H,9-13,16H2,1-7H3/q-1/b18-8-,20-17+. The van der Waals surface area contributed by atoms with Crippen molar-refractivity contribution in [2.24, 2.45) is 0 Å². The average molecular weight is 619 g/mol. The molecule has 3 heterocycles. The van der Waals surface area contributed by atoms with Crippen molar-refractivity contribution in [3.05, 3.63) is 22.7 Å². The molecule has 9 heteroatoms. The number of amides is 2. The molecule has 1 aromatic heterocycles. The molecule has 2 aliphatic heterocycles. The zero-order valence-corrected chi connectivity index (χ0v) is 24.8. The zero-order chi connectivity index (χ0) is 26.0. The number of hydrogen-bond donors (Lipinski definition) is 0. The van der Waals surface area contributed by atoms with Gasteiger partial charge in [0.25, 0.3) is 0 Å². The van der Waals surface area contributed by atoms with E-state index in [4.69, 9.17) is 26.1 Å². The molecule has 2 atom stereocenters. The van der Waals surface area contributed by atoms with Crippen LogP contribution in [0.15, 0.2) is 12.3 Å². The first-order valence-electron chi connectivity index (χ1n) is 12.1. The SMILES string of the molecule is C/C(=c1/cnc(N(C(=O)OC(C)(C)C)C2CCN(C(=O)OC(C)(C)C)C2)c/c1=C/CCl)C1CC[I-]1. The van der Waals surface area contributed by atoms with Gasteiger partial charge in [-0.1, -0.05) is 0 Å². The Morgan fingerprint density at radius 3 is 2.40 bits per heavy atom. The van der Waals surface area contributed by atoms with Crippen LogP contribution in [0.1, 0.15) is 61.3 Å². The van der Waals surface area contributed by atoms with Gasteiger partial charge in [-0.2, -0.15) is 0 Å². The van der Waals surface area contributed by atoms with Crippen LogP contribution in [0.2, 0.25) is 0 Å². The number of nitrogens with zero attached hydrogens (tertiary/aromatic N) is 3. The van der Waals surface area contributed by atoms with Crippen molar-refractivity contribution in [3.63, 3.8) is 0 Å². The van der Waals surface area contributed by atoms with Crippen LogP contribution in [0, 0.1) is 0 Å². The number of aromatic nitrogens is 1. The summed E-state index contributed by atoms with van der Waals surface area (Å²) in [6.45, 7) is 14.1. The second-order valence-electron chi connectivity index (χ2n) is 11.0. The summed E-state index contributed by atoms with van der Waals surface area (Å²) in [5, 5.41) is 2.08. The summed E-state index contributed by atoms with van der Waals surface area (Å²) in [6, 6.07) is 1.65.